The van der Waals surface area contributed by atoms with Crippen LogP contribution in [-0.2, 0) is 10.2 Å². The van der Waals surface area contributed by atoms with E-state index in [-0.39, 0.29) is 23.3 Å². The minimum atomic E-state index is -0.675. The van der Waals surface area contributed by atoms with Gasteiger partial charge in [-0.1, -0.05) is 50.4 Å². The third-order valence-corrected chi connectivity index (χ3v) is 6.81. The summed E-state index contributed by atoms with van der Waals surface area (Å²) in [5, 5.41) is 8.32. The molecule has 0 radical (unpaired) electrons. The number of hydrogen-bond donors (Lipinski definition) is 2. The SMILES string of the molecule is CC(C)c1cc(=O)[nH]c(-n2nc(-c3ccco3)cc2NC(=O)C2(c3ccc(Cl)cc3)CCCC2)n1. The molecular formula is C26H26ClN5O3. The molecule has 5 rings (SSSR count). The molecule has 1 amide bonds. The molecule has 0 spiro atoms. The van der Waals surface area contributed by atoms with Crippen LogP contribution in [0, 0.1) is 0 Å². The second kappa shape index (κ2) is 9.19. The van der Waals surface area contributed by atoms with Crippen molar-refractivity contribution in [2.24, 2.45) is 0 Å². The second-order valence-electron chi connectivity index (χ2n) is 9.20. The van der Waals surface area contributed by atoms with Crippen molar-refractivity contribution in [1.29, 1.82) is 0 Å². The highest BCUT2D eigenvalue weighted by Gasteiger charge is 2.43. The molecule has 1 fully saturated rings. The molecule has 1 aliphatic carbocycles. The van der Waals surface area contributed by atoms with E-state index in [1.165, 1.54) is 10.7 Å². The fraction of sp³-hybridized carbons (Fsp3) is 0.308. The van der Waals surface area contributed by atoms with Gasteiger partial charge in [0.15, 0.2) is 5.76 Å². The van der Waals surface area contributed by atoms with Crippen molar-refractivity contribution in [3.8, 4) is 17.4 Å². The normalized spacial score (nSPS) is 15.0. The molecule has 2 N–H and O–H groups in total. The third kappa shape index (κ3) is 4.41. The first-order valence-corrected chi connectivity index (χ1v) is 12.1. The van der Waals surface area contributed by atoms with Crippen LogP contribution in [0.2, 0.25) is 5.02 Å². The standard InChI is InChI=1S/C26H26ClN5O3/c1-16(2)19-15-23(33)30-25(28-19)32-22(14-20(31-32)21-6-5-13-35-21)29-24(34)26(11-3-4-12-26)17-7-9-18(27)10-8-17/h5-10,13-16H,3-4,11-12H2,1-2H3,(H,29,34)(H,28,30,33). The van der Waals surface area contributed by atoms with Gasteiger partial charge in [0.2, 0.25) is 11.9 Å². The number of nitrogens with zero attached hydrogens (tertiary/aromatic N) is 3. The highest BCUT2D eigenvalue weighted by atomic mass is 35.5. The van der Waals surface area contributed by atoms with Gasteiger partial charge in [0, 0.05) is 17.2 Å². The minimum absolute atomic E-state index is 0.0425. The van der Waals surface area contributed by atoms with E-state index in [0.717, 1.165) is 31.2 Å². The van der Waals surface area contributed by atoms with Crippen molar-refractivity contribution in [2.75, 3.05) is 5.32 Å². The Hall–Kier alpha value is -3.65. The molecule has 0 bridgehead atoms. The zero-order valence-corrected chi connectivity index (χ0v) is 20.3. The number of aromatic amines is 1. The quantitative estimate of drug-likeness (QED) is 0.373. The fourth-order valence-corrected chi connectivity index (χ4v) is 4.79. The maximum atomic E-state index is 13.8. The van der Waals surface area contributed by atoms with E-state index in [2.05, 4.69) is 20.4 Å². The average Bonchev–Trinajstić information content (AvgIpc) is 3.60. The monoisotopic (exact) mass is 491 g/mol. The smallest absolute Gasteiger partial charge is 0.252 e. The maximum absolute atomic E-state index is 13.8. The molecule has 0 saturated heterocycles. The lowest BCUT2D eigenvalue weighted by Crippen LogP contribution is -2.38. The van der Waals surface area contributed by atoms with E-state index in [4.69, 9.17) is 16.0 Å². The predicted octanol–water partition coefficient (Wildman–Crippen LogP) is 5.44. The van der Waals surface area contributed by atoms with Gasteiger partial charge in [-0.15, -0.1) is 0 Å². The molecule has 9 heteroatoms. The second-order valence-corrected chi connectivity index (χ2v) is 9.64. The number of H-pyrrole nitrogens is 1. The van der Waals surface area contributed by atoms with Crippen LogP contribution in [0.25, 0.3) is 17.4 Å². The summed E-state index contributed by atoms with van der Waals surface area (Å²) in [5.74, 6) is 1.06. The van der Waals surface area contributed by atoms with Crippen molar-refractivity contribution in [3.05, 3.63) is 81.4 Å². The van der Waals surface area contributed by atoms with Gasteiger partial charge in [-0.05, 0) is 48.6 Å². The summed E-state index contributed by atoms with van der Waals surface area (Å²) in [4.78, 5) is 33.6. The molecule has 4 aromatic rings. The first kappa shape index (κ1) is 23.1. The van der Waals surface area contributed by atoms with Crippen molar-refractivity contribution in [2.45, 2.75) is 50.9 Å². The lowest BCUT2D eigenvalue weighted by Gasteiger charge is -2.28. The first-order valence-electron chi connectivity index (χ1n) is 11.7. The lowest BCUT2D eigenvalue weighted by molar-refractivity contribution is -0.121. The zero-order chi connectivity index (χ0) is 24.6. The van der Waals surface area contributed by atoms with Crippen LogP contribution < -0.4 is 10.9 Å². The van der Waals surface area contributed by atoms with Crippen LogP contribution in [0.1, 0.15) is 56.7 Å². The van der Waals surface area contributed by atoms with Crippen LogP contribution in [0.3, 0.4) is 0 Å². The summed E-state index contributed by atoms with van der Waals surface area (Å²) in [5.41, 5.74) is 1.10. The van der Waals surface area contributed by atoms with E-state index in [1.54, 1.807) is 24.5 Å². The first-order chi connectivity index (χ1) is 16.9. The highest BCUT2D eigenvalue weighted by Crippen LogP contribution is 2.42. The number of aromatic nitrogens is 4. The van der Waals surface area contributed by atoms with Crippen LogP contribution >= 0.6 is 11.6 Å². The Labute approximate surface area is 207 Å². The number of nitrogens with one attached hydrogen (secondary N) is 2. The Kier molecular flexibility index (Phi) is 6.06. The molecule has 0 atom stereocenters. The van der Waals surface area contributed by atoms with Gasteiger partial charge >= 0.3 is 0 Å². The molecule has 35 heavy (non-hydrogen) atoms. The summed E-state index contributed by atoms with van der Waals surface area (Å²) in [6, 6.07) is 14.2. The zero-order valence-electron chi connectivity index (χ0n) is 19.5. The molecule has 180 valence electrons. The molecular weight excluding hydrogens is 466 g/mol. The summed E-state index contributed by atoms with van der Waals surface area (Å²) >= 11 is 6.10. The van der Waals surface area contributed by atoms with Gasteiger partial charge in [-0.3, -0.25) is 14.6 Å². The number of halogens is 1. The summed E-state index contributed by atoms with van der Waals surface area (Å²) < 4.78 is 6.97. The third-order valence-electron chi connectivity index (χ3n) is 6.55. The van der Waals surface area contributed by atoms with Crippen molar-refractivity contribution in [1.82, 2.24) is 19.7 Å². The van der Waals surface area contributed by atoms with E-state index in [0.29, 0.717) is 28.0 Å². The van der Waals surface area contributed by atoms with E-state index >= 15 is 0 Å². The largest absolute Gasteiger partial charge is 0.463 e. The Morgan fingerprint density at radius 2 is 1.91 bits per heavy atom. The van der Waals surface area contributed by atoms with Crippen molar-refractivity contribution >= 4 is 23.3 Å². The molecule has 1 saturated carbocycles. The number of hydrogen-bond acceptors (Lipinski definition) is 5. The van der Waals surface area contributed by atoms with Gasteiger partial charge in [-0.2, -0.15) is 9.78 Å². The number of amides is 1. The number of furan rings is 1. The molecule has 1 aromatic carbocycles. The molecule has 1 aliphatic rings. The fourth-order valence-electron chi connectivity index (χ4n) is 4.67. The van der Waals surface area contributed by atoms with Crippen LogP contribution in [-0.4, -0.2) is 25.7 Å². The van der Waals surface area contributed by atoms with Crippen LogP contribution in [0.5, 0.6) is 0 Å². The number of rotatable bonds is 6. The minimum Gasteiger partial charge on any atom is -0.463 e. The lowest BCUT2D eigenvalue weighted by atomic mass is 9.78. The Morgan fingerprint density at radius 3 is 2.57 bits per heavy atom. The van der Waals surface area contributed by atoms with E-state index in [9.17, 15) is 9.59 Å². The average molecular weight is 492 g/mol. The van der Waals surface area contributed by atoms with Crippen LogP contribution in [0.15, 0.2) is 64.0 Å². The molecule has 0 unspecified atom stereocenters. The van der Waals surface area contributed by atoms with Gasteiger partial charge < -0.3 is 9.73 Å². The topological polar surface area (TPSA) is 106 Å². The number of carbonyl (C=O) groups excluding carboxylic acids is 1. The van der Waals surface area contributed by atoms with Crippen molar-refractivity contribution in [3.63, 3.8) is 0 Å². The Morgan fingerprint density at radius 1 is 1.17 bits per heavy atom. The molecule has 8 nitrogen and oxygen atoms in total. The van der Waals surface area contributed by atoms with Gasteiger partial charge in [-0.25, -0.2) is 4.98 Å². The summed E-state index contributed by atoms with van der Waals surface area (Å²) in [7, 11) is 0. The van der Waals surface area contributed by atoms with E-state index in [1.807, 2.05) is 38.1 Å². The number of carbonyl (C=O) groups is 1. The predicted molar refractivity (Wildman–Crippen MR) is 134 cm³/mol. The summed E-state index contributed by atoms with van der Waals surface area (Å²) in [6.07, 6.45) is 4.94. The molecule has 3 aromatic heterocycles. The molecule has 0 aliphatic heterocycles. The molecule has 3 heterocycles. The van der Waals surface area contributed by atoms with Gasteiger partial charge in [0.1, 0.15) is 11.5 Å². The van der Waals surface area contributed by atoms with Gasteiger partial charge in [0.25, 0.3) is 5.56 Å². The van der Waals surface area contributed by atoms with Crippen LogP contribution in [0.4, 0.5) is 5.82 Å². The maximum Gasteiger partial charge on any atom is 0.252 e. The summed E-state index contributed by atoms with van der Waals surface area (Å²) in [6.45, 7) is 3.92. The highest BCUT2D eigenvalue weighted by molar-refractivity contribution is 6.30. The van der Waals surface area contributed by atoms with Crippen molar-refractivity contribution < 1.29 is 9.21 Å². The number of benzene rings is 1. The Bertz CT molecular complexity index is 1400. The Balaban J connectivity index is 1.58. The van der Waals surface area contributed by atoms with Gasteiger partial charge in [0.05, 0.1) is 17.4 Å². The van der Waals surface area contributed by atoms with E-state index < -0.39 is 5.41 Å². The number of anilines is 1.